The van der Waals surface area contributed by atoms with E-state index in [2.05, 4.69) is 10.3 Å². The Morgan fingerprint density at radius 2 is 2.20 bits per heavy atom. The molecule has 25 heavy (non-hydrogen) atoms. The monoisotopic (exact) mass is 348 g/mol. The van der Waals surface area contributed by atoms with Crippen molar-refractivity contribution in [2.45, 2.75) is 6.92 Å². The SMILES string of the molecule is CCOC(=O)c1cnc2ccc(F)cc2c1NCC[NH+]1CCOCC1. The largest absolute Gasteiger partial charge is 0.462 e. The number of anilines is 1. The fraction of sp³-hybridized carbons (Fsp3) is 0.444. The molecule has 1 aromatic heterocycles. The van der Waals surface area contributed by atoms with Gasteiger partial charge in [0.25, 0.3) is 0 Å². The van der Waals surface area contributed by atoms with E-state index in [1.807, 2.05) is 0 Å². The molecule has 1 aromatic carbocycles. The Hall–Kier alpha value is -2.25. The molecular weight excluding hydrogens is 325 g/mol. The zero-order valence-electron chi connectivity index (χ0n) is 14.3. The van der Waals surface area contributed by atoms with Gasteiger partial charge >= 0.3 is 5.97 Å². The first-order chi connectivity index (χ1) is 12.2. The Morgan fingerprint density at radius 1 is 1.40 bits per heavy atom. The number of carbonyl (C=O) groups excluding carboxylic acids is 1. The Labute approximate surface area is 145 Å². The third kappa shape index (κ3) is 4.24. The minimum atomic E-state index is -0.456. The number of esters is 1. The van der Waals surface area contributed by atoms with E-state index < -0.39 is 5.97 Å². The van der Waals surface area contributed by atoms with Gasteiger partial charge in [-0.3, -0.25) is 4.98 Å². The molecule has 0 saturated carbocycles. The number of halogens is 1. The quantitative estimate of drug-likeness (QED) is 0.759. The molecule has 0 aliphatic carbocycles. The lowest BCUT2D eigenvalue weighted by molar-refractivity contribution is -0.906. The second kappa shape index (κ2) is 8.22. The van der Waals surface area contributed by atoms with Crippen LogP contribution in [0.1, 0.15) is 17.3 Å². The number of carbonyl (C=O) groups is 1. The Balaban J connectivity index is 1.84. The summed E-state index contributed by atoms with van der Waals surface area (Å²) < 4.78 is 24.2. The molecule has 1 fully saturated rings. The number of morpholine rings is 1. The van der Waals surface area contributed by atoms with Crippen molar-refractivity contribution in [1.82, 2.24) is 4.98 Å². The number of hydrogen-bond acceptors (Lipinski definition) is 5. The van der Waals surface area contributed by atoms with Crippen molar-refractivity contribution in [3.8, 4) is 0 Å². The summed E-state index contributed by atoms with van der Waals surface area (Å²) in [5, 5.41) is 3.89. The van der Waals surface area contributed by atoms with Gasteiger partial charge in [0.2, 0.25) is 0 Å². The van der Waals surface area contributed by atoms with Crippen LogP contribution in [-0.4, -0.2) is 57.0 Å². The first-order valence-corrected chi connectivity index (χ1v) is 8.59. The van der Waals surface area contributed by atoms with Gasteiger partial charge in [-0.2, -0.15) is 0 Å². The minimum Gasteiger partial charge on any atom is -0.462 e. The molecule has 1 aliphatic heterocycles. The predicted octanol–water partition coefficient (Wildman–Crippen LogP) is 0.878. The molecule has 2 N–H and O–H groups in total. The molecule has 1 saturated heterocycles. The lowest BCUT2D eigenvalue weighted by Gasteiger charge is -2.24. The second-order valence-electron chi connectivity index (χ2n) is 5.97. The van der Waals surface area contributed by atoms with E-state index in [-0.39, 0.29) is 12.4 Å². The molecule has 6 nitrogen and oxygen atoms in total. The van der Waals surface area contributed by atoms with Crippen LogP contribution >= 0.6 is 0 Å². The molecule has 0 radical (unpaired) electrons. The fourth-order valence-corrected chi connectivity index (χ4v) is 2.99. The summed E-state index contributed by atoms with van der Waals surface area (Å²) in [6.07, 6.45) is 1.49. The Morgan fingerprint density at radius 3 is 2.96 bits per heavy atom. The number of ether oxygens (including phenoxy) is 2. The predicted molar refractivity (Wildman–Crippen MR) is 92.5 cm³/mol. The standard InChI is InChI=1S/C18H22FN3O3/c1-2-25-18(23)15-12-21-16-4-3-13(19)11-14(16)17(15)20-5-6-22-7-9-24-10-8-22/h3-4,11-12H,2,5-10H2,1H3,(H,20,21)/p+1. The zero-order chi connectivity index (χ0) is 17.6. The van der Waals surface area contributed by atoms with Crippen molar-refractivity contribution in [3.05, 3.63) is 35.8 Å². The summed E-state index contributed by atoms with van der Waals surface area (Å²) in [7, 11) is 0. The number of nitrogens with zero attached hydrogens (tertiary/aromatic N) is 1. The Kier molecular flexibility index (Phi) is 5.78. The van der Waals surface area contributed by atoms with E-state index in [1.165, 1.54) is 23.2 Å². The molecule has 0 unspecified atom stereocenters. The van der Waals surface area contributed by atoms with Gasteiger partial charge in [-0.05, 0) is 25.1 Å². The molecule has 0 atom stereocenters. The van der Waals surface area contributed by atoms with E-state index in [0.717, 1.165) is 32.8 Å². The van der Waals surface area contributed by atoms with Gasteiger partial charge in [0, 0.05) is 11.6 Å². The number of benzene rings is 1. The Bertz CT molecular complexity index is 748. The maximum atomic E-state index is 13.7. The first-order valence-electron chi connectivity index (χ1n) is 8.59. The average Bonchev–Trinajstić information content (AvgIpc) is 2.63. The van der Waals surface area contributed by atoms with Gasteiger partial charge in [0.1, 0.15) is 24.5 Å². The third-order valence-electron chi connectivity index (χ3n) is 4.31. The molecule has 134 valence electrons. The minimum absolute atomic E-state index is 0.275. The van der Waals surface area contributed by atoms with Crippen molar-refractivity contribution < 1.29 is 23.6 Å². The van der Waals surface area contributed by atoms with Gasteiger partial charge in [-0.25, -0.2) is 9.18 Å². The third-order valence-corrected chi connectivity index (χ3v) is 4.31. The number of fused-ring (bicyclic) bond motifs is 1. The van der Waals surface area contributed by atoms with Crippen LogP contribution in [0.4, 0.5) is 10.1 Å². The van der Waals surface area contributed by atoms with Crippen molar-refractivity contribution in [3.63, 3.8) is 0 Å². The van der Waals surface area contributed by atoms with Gasteiger partial charge in [0.05, 0.1) is 44.1 Å². The maximum absolute atomic E-state index is 13.7. The summed E-state index contributed by atoms with van der Waals surface area (Å²) >= 11 is 0. The number of rotatable bonds is 6. The van der Waals surface area contributed by atoms with Crippen molar-refractivity contribution in [2.24, 2.45) is 0 Å². The molecule has 0 bridgehead atoms. The number of hydrogen-bond donors (Lipinski definition) is 2. The molecule has 0 amide bonds. The van der Waals surface area contributed by atoms with Crippen LogP contribution in [0.5, 0.6) is 0 Å². The van der Waals surface area contributed by atoms with E-state index in [9.17, 15) is 9.18 Å². The highest BCUT2D eigenvalue weighted by Gasteiger charge is 2.18. The smallest absolute Gasteiger partial charge is 0.341 e. The van der Waals surface area contributed by atoms with Crippen LogP contribution in [0.15, 0.2) is 24.4 Å². The van der Waals surface area contributed by atoms with Crippen molar-refractivity contribution in [1.29, 1.82) is 0 Å². The average molecular weight is 348 g/mol. The van der Waals surface area contributed by atoms with Crippen LogP contribution < -0.4 is 10.2 Å². The highest BCUT2D eigenvalue weighted by molar-refractivity contribution is 6.04. The molecule has 0 spiro atoms. The van der Waals surface area contributed by atoms with E-state index in [1.54, 1.807) is 13.0 Å². The van der Waals surface area contributed by atoms with Crippen LogP contribution in [0.2, 0.25) is 0 Å². The molecule has 3 rings (SSSR count). The van der Waals surface area contributed by atoms with Gasteiger partial charge in [-0.1, -0.05) is 0 Å². The summed E-state index contributed by atoms with van der Waals surface area (Å²) in [4.78, 5) is 17.9. The van der Waals surface area contributed by atoms with E-state index in [0.29, 0.717) is 28.7 Å². The zero-order valence-corrected chi connectivity index (χ0v) is 14.3. The van der Waals surface area contributed by atoms with E-state index in [4.69, 9.17) is 9.47 Å². The highest BCUT2D eigenvalue weighted by Crippen LogP contribution is 2.27. The van der Waals surface area contributed by atoms with Gasteiger partial charge in [-0.15, -0.1) is 0 Å². The summed E-state index contributed by atoms with van der Waals surface area (Å²) in [6.45, 7) is 7.07. The summed E-state index contributed by atoms with van der Waals surface area (Å²) in [6, 6.07) is 4.37. The lowest BCUT2D eigenvalue weighted by Crippen LogP contribution is -3.14. The van der Waals surface area contributed by atoms with Gasteiger partial charge < -0.3 is 19.7 Å². The molecule has 1 aliphatic rings. The number of quaternary nitrogens is 1. The first kappa shape index (κ1) is 17.6. The van der Waals surface area contributed by atoms with Gasteiger partial charge in [0.15, 0.2) is 0 Å². The number of nitrogens with one attached hydrogen (secondary N) is 2. The summed E-state index contributed by atoms with van der Waals surface area (Å²) in [5.74, 6) is -0.820. The highest BCUT2D eigenvalue weighted by atomic mass is 19.1. The number of aromatic nitrogens is 1. The fourth-order valence-electron chi connectivity index (χ4n) is 2.99. The lowest BCUT2D eigenvalue weighted by atomic mass is 10.1. The summed E-state index contributed by atoms with van der Waals surface area (Å²) in [5.41, 5.74) is 1.54. The molecule has 2 heterocycles. The number of pyridine rings is 1. The molecule has 7 heteroatoms. The topological polar surface area (TPSA) is 64.9 Å². The van der Waals surface area contributed by atoms with Crippen LogP contribution in [-0.2, 0) is 9.47 Å². The van der Waals surface area contributed by atoms with E-state index >= 15 is 0 Å². The second-order valence-corrected chi connectivity index (χ2v) is 5.97. The maximum Gasteiger partial charge on any atom is 0.341 e. The van der Waals surface area contributed by atoms with Crippen LogP contribution in [0, 0.1) is 5.82 Å². The molecule has 2 aromatic rings. The van der Waals surface area contributed by atoms with Crippen LogP contribution in [0.25, 0.3) is 10.9 Å². The van der Waals surface area contributed by atoms with Crippen molar-refractivity contribution in [2.75, 3.05) is 51.3 Å². The van der Waals surface area contributed by atoms with Crippen molar-refractivity contribution >= 4 is 22.6 Å². The normalized spacial score (nSPS) is 15.3. The van der Waals surface area contributed by atoms with Crippen LogP contribution in [0.3, 0.4) is 0 Å². The molecular formula is C18H23FN3O3+.